The van der Waals surface area contributed by atoms with E-state index in [1.165, 1.54) is 31.3 Å². The highest BCUT2D eigenvalue weighted by molar-refractivity contribution is 7.26. The normalized spacial score (nSPS) is 11.8. The van der Waals surface area contributed by atoms with Gasteiger partial charge in [-0.1, -0.05) is 194 Å². The average molecular weight is 1170 g/mol. The molecule has 0 amide bonds. The van der Waals surface area contributed by atoms with E-state index in [0.717, 1.165) is 144 Å². The molecule has 0 atom stereocenters. The maximum absolute atomic E-state index is 7.01. The molecule has 0 aliphatic carbocycles. The Labute approximate surface area is 522 Å². The predicted molar refractivity (Wildman–Crippen MR) is 378 cm³/mol. The first-order valence-corrected chi connectivity index (χ1v) is 31.2. The topological polar surface area (TPSA) is 45.9 Å². The van der Waals surface area contributed by atoms with Crippen molar-refractivity contribution in [1.82, 2.24) is 0 Å². The summed E-state index contributed by atoms with van der Waals surface area (Å²) in [6.07, 6.45) is 0. The van der Waals surface area contributed by atoms with Gasteiger partial charge in [0, 0.05) is 103 Å². The summed E-state index contributed by atoms with van der Waals surface area (Å²) in [6, 6.07) is 113. The van der Waals surface area contributed by atoms with Gasteiger partial charge in [0.15, 0.2) is 0 Å². The lowest BCUT2D eigenvalue weighted by Gasteiger charge is -2.26. The average Bonchev–Trinajstić information content (AvgIpc) is 1.84. The molecule has 14 aromatic carbocycles. The molecule has 18 aromatic rings. The molecule has 4 aromatic heterocycles. The number of hydrogen-bond donors (Lipinski definition) is 0. The molecular weight excluding hydrogens is 1120 g/mol. The molecule has 0 aliphatic rings. The number of hydrogen-bond acceptors (Lipinski definition) is 6. The lowest BCUT2D eigenvalue weighted by molar-refractivity contribution is 0.668. The van der Waals surface area contributed by atoms with E-state index in [9.17, 15) is 0 Å². The standard InChI is InChI=1S/C84H52N2O3S/c1-4-18-53(19-5-1)55-36-41-63(42-37-55)86(61-22-8-3-9-23-61)65-51-73-68-26-12-16-30-79(68)89-83(73)74(52-65)76-48-59(47-75-69-27-13-17-31-81(69)90-84(75)76)57-34-32-54(33-35-57)56-38-43-62(44-39-56)85(60-20-6-2-7-21-60)64-49-70(82-72(50-64)67-25-11-15-29-78(67)88-82)58-40-45-80-71(46-58)66-24-10-14-28-77(66)87-80/h1-52H. The Morgan fingerprint density at radius 2 is 0.600 bits per heavy atom. The second-order valence-electron chi connectivity index (χ2n) is 23.1. The Hall–Kier alpha value is -11.7. The lowest BCUT2D eigenvalue weighted by atomic mass is 9.93. The zero-order valence-electron chi connectivity index (χ0n) is 48.5. The molecule has 6 heteroatoms. The van der Waals surface area contributed by atoms with Gasteiger partial charge in [-0.15, -0.1) is 11.3 Å². The zero-order chi connectivity index (χ0) is 59.2. The minimum absolute atomic E-state index is 0.851. The van der Waals surface area contributed by atoms with Crippen molar-refractivity contribution in [2.45, 2.75) is 0 Å². The molecule has 4 heterocycles. The summed E-state index contributed by atoms with van der Waals surface area (Å²) in [6.45, 7) is 0. The Morgan fingerprint density at radius 1 is 0.211 bits per heavy atom. The molecule has 0 N–H and O–H groups in total. The molecule has 0 saturated heterocycles. The molecule has 0 unspecified atom stereocenters. The maximum atomic E-state index is 7.01. The van der Waals surface area contributed by atoms with Gasteiger partial charge in [0.1, 0.15) is 33.5 Å². The summed E-state index contributed by atoms with van der Waals surface area (Å²) in [4.78, 5) is 4.72. The maximum Gasteiger partial charge on any atom is 0.143 e. The smallest absolute Gasteiger partial charge is 0.143 e. The molecule has 0 bridgehead atoms. The molecule has 422 valence electrons. The van der Waals surface area contributed by atoms with Gasteiger partial charge in [0.05, 0.1) is 0 Å². The van der Waals surface area contributed by atoms with E-state index < -0.39 is 0 Å². The summed E-state index contributed by atoms with van der Waals surface area (Å²) in [7, 11) is 0. The fraction of sp³-hybridized carbons (Fsp3) is 0. The van der Waals surface area contributed by atoms with Crippen molar-refractivity contribution in [1.29, 1.82) is 0 Å². The van der Waals surface area contributed by atoms with Gasteiger partial charge in [-0.05, 0) is 160 Å². The van der Waals surface area contributed by atoms with Gasteiger partial charge >= 0.3 is 0 Å². The van der Waals surface area contributed by atoms with E-state index in [4.69, 9.17) is 13.3 Å². The first-order chi connectivity index (χ1) is 44.6. The molecule has 0 aliphatic heterocycles. The van der Waals surface area contributed by atoms with Crippen LogP contribution in [0.5, 0.6) is 0 Å². The first-order valence-electron chi connectivity index (χ1n) is 30.4. The van der Waals surface area contributed by atoms with Crippen LogP contribution in [-0.4, -0.2) is 0 Å². The number of thiophene rings is 1. The summed E-state index contributed by atoms with van der Waals surface area (Å²) < 4.78 is 22.5. The quantitative estimate of drug-likeness (QED) is 0.129. The van der Waals surface area contributed by atoms with Crippen LogP contribution in [0.3, 0.4) is 0 Å². The van der Waals surface area contributed by atoms with Crippen LogP contribution in [-0.2, 0) is 0 Å². The van der Waals surface area contributed by atoms with E-state index in [-0.39, 0.29) is 0 Å². The van der Waals surface area contributed by atoms with Crippen molar-refractivity contribution in [2.24, 2.45) is 0 Å². The van der Waals surface area contributed by atoms with Gasteiger partial charge in [-0.2, -0.15) is 0 Å². The van der Waals surface area contributed by atoms with Crippen LogP contribution in [0.1, 0.15) is 0 Å². The fourth-order valence-electron chi connectivity index (χ4n) is 13.5. The predicted octanol–water partition coefficient (Wildman–Crippen LogP) is 25.0. The van der Waals surface area contributed by atoms with Crippen LogP contribution in [0, 0.1) is 0 Å². The molecule has 90 heavy (non-hydrogen) atoms. The van der Waals surface area contributed by atoms with Gasteiger partial charge in [-0.25, -0.2) is 0 Å². The number of fused-ring (bicyclic) bond motifs is 12. The van der Waals surface area contributed by atoms with Gasteiger partial charge in [0.25, 0.3) is 0 Å². The second kappa shape index (κ2) is 21.0. The van der Waals surface area contributed by atoms with E-state index in [0.29, 0.717) is 0 Å². The van der Waals surface area contributed by atoms with Gasteiger partial charge in [0.2, 0.25) is 0 Å². The van der Waals surface area contributed by atoms with Crippen molar-refractivity contribution in [2.75, 3.05) is 9.80 Å². The second-order valence-corrected chi connectivity index (χ2v) is 24.2. The number of para-hydroxylation sites is 5. The van der Waals surface area contributed by atoms with Crippen molar-refractivity contribution in [3.63, 3.8) is 0 Å². The Bertz CT molecular complexity index is 5770. The summed E-state index contributed by atoms with van der Waals surface area (Å²) in [5, 5.41) is 8.89. The van der Waals surface area contributed by atoms with Crippen LogP contribution >= 0.6 is 11.3 Å². The molecule has 18 rings (SSSR count). The first kappa shape index (κ1) is 51.5. The lowest BCUT2D eigenvalue weighted by Crippen LogP contribution is -2.10. The third-order valence-corrected chi connectivity index (χ3v) is 19.1. The molecule has 0 fully saturated rings. The zero-order valence-corrected chi connectivity index (χ0v) is 49.4. The highest BCUT2D eigenvalue weighted by atomic mass is 32.1. The molecular formula is C84H52N2O3S. The summed E-state index contributed by atoms with van der Waals surface area (Å²) in [5.74, 6) is 0. The van der Waals surface area contributed by atoms with E-state index in [1.807, 2.05) is 29.5 Å². The Morgan fingerprint density at radius 3 is 1.17 bits per heavy atom. The minimum atomic E-state index is 0.851. The fourth-order valence-corrected chi connectivity index (χ4v) is 14.7. The number of nitrogens with zero attached hydrogens (tertiary/aromatic N) is 2. The van der Waals surface area contributed by atoms with Crippen LogP contribution in [0.15, 0.2) is 329 Å². The number of benzene rings is 14. The molecule has 0 spiro atoms. The number of furan rings is 3. The highest BCUT2D eigenvalue weighted by Crippen LogP contribution is 2.50. The summed E-state index contributed by atoms with van der Waals surface area (Å²) in [5.41, 5.74) is 22.5. The summed E-state index contributed by atoms with van der Waals surface area (Å²) >= 11 is 1.84. The van der Waals surface area contributed by atoms with Gasteiger partial charge < -0.3 is 23.1 Å². The van der Waals surface area contributed by atoms with Crippen LogP contribution in [0.2, 0.25) is 0 Å². The number of rotatable bonds is 11. The SMILES string of the molecule is c1ccc(-c2ccc(N(c3ccccc3)c3cc(-c4cc(-c5ccc(-c6ccc(N(c7ccccc7)c7cc(-c8ccc9oc%10ccccc%10c9c8)c8oc9ccccc9c8c7)cc6)cc5)cc5c4sc4ccccc45)c4oc5ccccc5c4c3)cc2)cc1. The Balaban J connectivity index is 0.743. The van der Waals surface area contributed by atoms with E-state index >= 15 is 0 Å². The third-order valence-electron chi connectivity index (χ3n) is 17.8. The van der Waals surface area contributed by atoms with Crippen molar-refractivity contribution in [3.05, 3.63) is 315 Å². The minimum Gasteiger partial charge on any atom is -0.456 e. The molecule has 0 saturated carbocycles. The van der Waals surface area contributed by atoms with Gasteiger partial charge in [-0.3, -0.25) is 0 Å². The van der Waals surface area contributed by atoms with Crippen LogP contribution in [0.4, 0.5) is 34.1 Å². The third kappa shape index (κ3) is 8.68. The van der Waals surface area contributed by atoms with Crippen molar-refractivity contribution >= 4 is 131 Å². The van der Waals surface area contributed by atoms with Crippen LogP contribution in [0.25, 0.3) is 142 Å². The Kier molecular flexibility index (Phi) is 12.0. The number of anilines is 6. The van der Waals surface area contributed by atoms with Crippen molar-refractivity contribution in [3.8, 4) is 55.6 Å². The van der Waals surface area contributed by atoms with Crippen molar-refractivity contribution < 1.29 is 13.3 Å². The van der Waals surface area contributed by atoms with E-state index in [2.05, 4.69) is 307 Å². The largest absolute Gasteiger partial charge is 0.456 e. The van der Waals surface area contributed by atoms with Crippen LogP contribution < -0.4 is 9.80 Å². The molecule has 0 radical (unpaired) electrons. The van der Waals surface area contributed by atoms with E-state index in [1.54, 1.807) is 0 Å². The highest BCUT2D eigenvalue weighted by Gasteiger charge is 2.25. The molecule has 5 nitrogen and oxygen atoms in total. The monoisotopic (exact) mass is 1170 g/mol.